The van der Waals surface area contributed by atoms with Gasteiger partial charge in [0.05, 0.1) is 6.04 Å². The molecule has 3 aromatic rings. The number of nitrogens with one attached hydrogen (secondary N) is 1. The fourth-order valence-electron chi connectivity index (χ4n) is 3.03. The third-order valence-electron chi connectivity index (χ3n) is 4.41. The highest BCUT2D eigenvalue weighted by Crippen LogP contribution is 2.30. The molecule has 128 valence electrons. The summed E-state index contributed by atoms with van der Waals surface area (Å²) in [5.41, 5.74) is 8.64. The van der Waals surface area contributed by atoms with E-state index in [1.165, 1.54) is 0 Å². The number of anilines is 1. The Bertz CT molecular complexity index is 895. The fourth-order valence-corrected chi connectivity index (χ4v) is 3.03. The van der Waals surface area contributed by atoms with Gasteiger partial charge < -0.3 is 15.6 Å². The van der Waals surface area contributed by atoms with Crippen molar-refractivity contribution in [3.63, 3.8) is 0 Å². The smallest absolute Gasteiger partial charge is 0.246 e. The number of pyridine rings is 1. The third kappa shape index (κ3) is 3.55. The van der Waals surface area contributed by atoms with Gasteiger partial charge in [0.1, 0.15) is 5.82 Å². The molecule has 2 heterocycles. The molecule has 0 radical (unpaired) electrons. The van der Waals surface area contributed by atoms with Gasteiger partial charge in [-0.15, -0.1) is 0 Å². The van der Waals surface area contributed by atoms with Gasteiger partial charge in [-0.1, -0.05) is 25.1 Å². The van der Waals surface area contributed by atoms with E-state index in [0.717, 1.165) is 28.5 Å². The van der Waals surface area contributed by atoms with Crippen LogP contribution in [-0.4, -0.2) is 27.8 Å². The number of rotatable bonds is 5. The van der Waals surface area contributed by atoms with E-state index in [4.69, 9.17) is 5.73 Å². The summed E-state index contributed by atoms with van der Waals surface area (Å²) in [6.45, 7) is 2.09. The number of aromatic amines is 1. The summed E-state index contributed by atoms with van der Waals surface area (Å²) in [5.74, 6) is 0.417. The zero-order chi connectivity index (χ0) is 17.8. The molecule has 3 N–H and O–H groups in total. The molecular formula is C20H22N4O. The van der Waals surface area contributed by atoms with E-state index in [-0.39, 0.29) is 11.9 Å². The van der Waals surface area contributed by atoms with Crippen molar-refractivity contribution in [2.45, 2.75) is 19.4 Å². The summed E-state index contributed by atoms with van der Waals surface area (Å²) in [7, 11) is 1.84. The maximum Gasteiger partial charge on any atom is 0.246 e. The lowest BCUT2D eigenvalue weighted by molar-refractivity contribution is -0.126. The zero-order valence-corrected chi connectivity index (χ0v) is 14.4. The Labute approximate surface area is 147 Å². The Morgan fingerprint density at radius 1 is 1.32 bits per heavy atom. The third-order valence-corrected chi connectivity index (χ3v) is 4.41. The van der Waals surface area contributed by atoms with E-state index < -0.39 is 0 Å². The van der Waals surface area contributed by atoms with Crippen LogP contribution in [0.25, 0.3) is 17.0 Å². The molecule has 25 heavy (non-hydrogen) atoms. The molecule has 0 aliphatic rings. The average molecular weight is 334 g/mol. The van der Waals surface area contributed by atoms with Crippen molar-refractivity contribution in [1.29, 1.82) is 0 Å². The van der Waals surface area contributed by atoms with E-state index in [2.05, 4.69) is 23.0 Å². The summed E-state index contributed by atoms with van der Waals surface area (Å²) in [5, 5.41) is 1.15. The Hall–Kier alpha value is -3.08. The van der Waals surface area contributed by atoms with Crippen LogP contribution >= 0.6 is 0 Å². The van der Waals surface area contributed by atoms with Crippen LogP contribution in [0, 0.1) is 0 Å². The second kappa shape index (κ2) is 7.21. The summed E-state index contributed by atoms with van der Waals surface area (Å²) in [6.07, 6.45) is 7.81. The lowest BCUT2D eigenvalue weighted by atomic mass is 10.0. The second-order valence-corrected chi connectivity index (χ2v) is 6.01. The van der Waals surface area contributed by atoms with E-state index >= 15 is 0 Å². The molecule has 5 nitrogen and oxygen atoms in total. The number of benzene rings is 1. The van der Waals surface area contributed by atoms with Crippen LogP contribution in [0.3, 0.4) is 0 Å². The lowest BCUT2D eigenvalue weighted by Gasteiger charge is -2.26. The number of carbonyl (C=O) groups excluding carboxylic acids is 1. The lowest BCUT2D eigenvalue weighted by Crippen LogP contribution is -2.29. The van der Waals surface area contributed by atoms with Crippen molar-refractivity contribution in [2.75, 3.05) is 12.8 Å². The van der Waals surface area contributed by atoms with Gasteiger partial charge in [0.15, 0.2) is 0 Å². The number of hydrogen-bond donors (Lipinski definition) is 2. The first kappa shape index (κ1) is 16.8. The molecule has 0 aliphatic heterocycles. The molecule has 1 aromatic carbocycles. The number of nitrogens with two attached hydrogens (primary N) is 1. The Balaban J connectivity index is 1.80. The van der Waals surface area contributed by atoms with E-state index in [1.54, 1.807) is 29.3 Å². The maximum atomic E-state index is 12.6. The standard InChI is InChI=1S/C20H22N4O/c1-3-18(16-13-22-17-7-5-4-6-15(16)17)24(2)20(25)11-9-14-8-10-19(21)23-12-14/h4-13,18,22H,3H2,1-2H3,(H2,21,23)/b11-9+. The number of H-pyrrole nitrogens is 1. The molecule has 0 saturated carbocycles. The van der Waals surface area contributed by atoms with Crippen LogP contribution in [-0.2, 0) is 4.79 Å². The van der Waals surface area contributed by atoms with Gasteiger partial charge in [-0.2, -0.15) is 0 Å². The van der Waals surface area contributed by atoms with Crippen molar-refractivity contribution in [3.05, 3.63) is 66.0 Å². The molecule has 1 unspecified atom stereocenters. The van der Waals surface area contributed by atoms with Gasteiger partial charge in [-0.3, -0.25) is 4.79 Å². The molecule has 0 bridgehead atoms. The molecule has 0 fully saturated rings. The van der Waals surface area contributed by atoms with Crippen LogP contribution < -0.4 is 5.73 Å². The number of para-hydroxylation sites is 1. The first-order valence-corrected chi connectivity index (χ1v) is 8.32. The van der Waals surface area contributed by atoms with E-state index in [1.807, 2.05) is 37.5 Å². The van der Waals surface area contributed by atoms with Gasteiger partial charge in [-0.05, 0) is 41.8 Å². The molecular weight excluding hydrogens is 312 g/mol. The highest BCUT2D eigenvalue weighted by Gasteiger charge is 2.21. The van der Waals surface area contributed by atoms with Gasteiger partial charge in [-0.25, -0.2) is 4.98 Å². The first-order valence-electron chi connectivity index (χ1n) is 8.32. The van der Waals surface area contributed by atoms with Crippen LogP contribution in [0.15, 0.2) is 54.9 Å². The number of nitrogens with zero attached hydrogens (tertiary/aromatic N) is 2. The average Bonchev–Trinajstić information content (AvgIpc) is 3.05. The monoisotopic (exact) mass is 334 g/mol. The minimum Gasteiger partial charge on any atom is -0.384 e. The maximum absolute atomic E-state index is 12.6. The second-order valence-electron chi connectivity index (χ2n) is 6.01. The van der Waals surface area contributed by atoms with Gasteiger partial charge in [0, 0.05) is 36.4 Å². The van der Waals surface area contributed by atoms with Crippen LogP contribution in [0.4, 0.5) is 5.82 Å². The minimum atomic E-state index is -0.0473. The number of amides is 1. The highest BCUT2D eigenvalue weighted by atomic mass is 16.2. The molecule has 1 amide bonds. The van der Waals surface area contributed by atoms with Crippen LogP contribution in [0.1, 0.15) is 30.5 Å². The Kier molecular flexibility index (Phi) is 4.84. The number of hydrogen-bond acceptors (Lipinski definition) is 3. The number of carbonyl (C=O) groups is 1. The topological polar surface area (TPSA) is 75.0 Å². The molecule has 0 saturated heterocycles. The first-order chi connectivity index (χ1) is 12.1. The Morgan fingerprint density at radius 2 is 2.12 bits per heavy atom. The highest BCUT2D eigenvalue weighted by molar-refractivity contribution is 5.92. The number of fused-ring (bicyclic) bond motifs is 1. The summed E-state index contributed by atoms with van der Waals surface area (Å²) >= 11 is 0. The van der Waals surface area contributed by atoms with Crippen LogP contribution in [0.5, 0.6) is 0 Å². The van der Waals surface area contributed by atoms with Crippen molar-refractivity contribution in [1.82, 2.24) is 14.9 Å². The predicted octanol–water partition coefficient (Wildman–Crippen LogP) is 3.77. The summed E-state index contributed by atoms with van der Waals surface area (Å²) < 4.78 is 0. The molecule has 5 heteroatoms. The number of nitrogen functional groups attached to an aromatic ring is 1. The molecule has 2 aromatic heterocycles. The van der Waals surface area contributed by atoms with Gasteiger partial charge in [0.25, 0.3) is 0 Å². The zero-order valence-electron chi connectivity index (χ0n) is 14.4. The minimum absolute atomic E-state index is 0.0119. The molecule has 3 rings (SSSR count). The quantitative estimate of drug-likeness (QED) is 0.698. The van der Waals surface area contributed by atoms with Crippen LogP contribution in [0.2, 0.25) is 0 Å². The van der Waals surface area contributed by atoms with Gasteiger partial charge in [0.2, 0.25) is 5.91 Å². The summed E-state index contributed by atoms with van der Waals surface area (Å²) in [4.78, 5) is 21.7. The predicted molar refractivity (Wildman–Crippen MR) is 102 cm³/mol. The van der Waals surface area contributed by atoms with E-state index in [9.17, 15) is 4.79 Å². The summed E-state index contributed by atoms with van der Waals surface area (Å²) in [6, 6.07) is 11.7. The molecule has 0 spiro atoms. The largest absolute Gasteiger partial charge is 0.384 e. The van der Waals surface area contributed by atoms with E-state index in [0.29, 0.717) is 5.82 Å². The fraction of sp³-hybridized carbons (Fsp3) is 0.200. The van der Waals surface area contributed by atoms with Crippen molar-refractivity contribution < 1.29 is 4.79 Å². The normalized spacial score (nSPS) is 12.6. The number of aromatic nitrogens is 2. The van der Waals surface area contributed by atoms with Crippen molar-refractivity contribution >= 4 is 28.7 Å². The SMILES string of the molecule is CCC(c1c[nH]c2ccccc12)N(C)C(=O)/C=C/c1ccc(N)nc1. The van der Waals surface area contributed by atoms with Crippen molar-refractivity contribution in [2.24, 2.45) is 0 Å². The van der Waals surface area contributed by atoms with Gasteiger partial charge >= 0.3 is 0 Å². The molecule has 1 atom stereocenters. The Morgan fingerprint density at radius 3 is 2.84 bits per heavy atom. The van der Waals surface area contributed by atoms with Crippen molar-refractivity contribution in [3.8, 4) is 0 Å². The molecule has 0 aliphatic carbocycles. The number of likely N-dealkylation sites (N-methyl/N-ethyl adjacent to an activating group) is 1.